The van der Waals surface area contributed by atoms with Gasteiger partial charge in [0.15, 0.2) is 0 Å². The highest BCUT2D eigenvalue weighted by Gasteiger charge is 2.31. The zero-order valence-corrected chi connectivity index (χ0v) is 10.7. The molecule has 1 fully saturated rings. The van der Waals surface area contributed by atoms with Crippen molar-refractivity contribution >= 4 is 0 Å². The van der Waals surface area contributed by atoms with Crippen molar-refractivity contribution in [3.05, 3.63) is 0 Å². The maximum atomic E-state index is 10.0. The molecule has 0 aromatic carbocycles. The summed E-state index contributed by atoms with van der Waals surface area (Å²) in [6, 6.07) is 0. The number of aliphatic hydroxyl groups is 1. The molecule has 1 saturated heterocycles. The van der Waals surface area contributed by atoms with E-state index in [1.807, 2.05) is 0 Å². The molecule has 1 heterocycles. The van der Waals surface area contributed by atoms with Crippen LogP contribution >= 0.6 is 0 Å². The Kier molecular flexibility index (Phi) is 5.07. The monoisotopic (exact) mass is 213 g/mol. The molecule has 0 radical (unpaired) electrons. The van der Waals surface area contributed by atoms with E-state index in [-0.39, 0.29) is 6.10 Å². The predicted molar refractivity (Wildman–Crippen MR) is 64.8 cm³/mol. The van der Waals surface area contributed by atoms with Crippen LogP contribution < -0.4 is 0 Å². The second kappa shape index (κ2) is 5.86. The molecule has 1 atom stereocenters. The predicted octanol–water partition coefficient (Wildman–Crippen LogP) is 2.37. The van der Waals surface area contributed by atoms with Crippen LogP contribution in [0.15, 0.2) is 0 Å². The first-order chi connectivity index (χ1) is 7.08. The molecule has 1 aliphatic heterocycles. The van der Waals surface area contributed by atoms with Crippen LogP contribution in [0.2, 0.25) is 0 Å². The number of nitrogens with zero attached hydrogens (tertiary/aromatic N) is 1. The SMILES string of the molecule is CCC(CC)C(O)CN1CC(C(C)C)C1. The van der Waals surface area contributed by atoms with Gasteiger partial charge in [-0.25, -0.2) is 0 Å². The minimum Gasteiger partial charge on any atom is -0.392 e. The molecular weight excluding hydrogens is 186 g/mol. The summed E-state index contributed by atoms with van der Waals surface area (Å²) in [5.41, 5.74) is 0. The average molecular weight is 213 g/mol. The molecule has 0 aromatic rings. The summed E-state index contributed by atoms with van der Waals surface area (Å²) in [5.74, 6) is 2.15. The van der Waals surface area contributed by atoms with E-state index in [1.165, 1.54) is 13.1 Å². The molecule has 0 aliphatic carbocycles. The fourth-order valence-electron chi connectivity index (χ4n) is 2.43. The van der Waals surface area contributed by atoms with Gasteiger partial charge in [0.1, 0.15) is 0 Å². The Labute approximate surface area is 94.7 Å². The smallest absolute Gasteiger partial charge is 0.0695 e. The first-order valence-corrected chi connectivity index (χ1v) is 6.48. The van der Waals surface area contributed by atoms with Crippen LogP contribution in [0, 0.1) is 17.8 Å². The maximum absolute atomic E-state index is 10.0. The van der Waals surface area contributed by atoms with Crippen LogP contribution in [0.1, 0.15) is 40.5 Å². The topological polar surface area (TPSA) is 23.5 Å². The van der Waals surface area contributed by atoms with Crippen LogP contribution in [0.5, 0.6) is 0 Å². The summed E-state index contributed by atoms with van der Waals surface area (Å²) >= 11 is 0. The number of β-amino-alcohol motifs (C(OH)–C–C–N with tert-alkyl or cyclic N) is 1. The standard InChI is InChI=1S/C13H27NO/c1-5-11(6-2)13(15)9-14-7-12(8-14)10(3)4/h10-13,15H,5-9H2,1-4H3. The highest BCUT2D eigenvalue weighted by molar-refractivity contribution is 4.84. The molecule has 0 amide bonds. The van der Waals surface area contributed by atoms with E-state index < -0.39 is 0 Å². The molecule has 1 unspecified atom stereocenters. The fraction of sp³-hybridized carbons (Fsp3) is 1.00. The van der Waals surface area contributed by atoms with Crippen LogP contribution in [0.4, 0.5) is 0 Å². The Morgan fingerprint density at radius 3 is 2.13 bits per heavy atom. The van der Waals surface area contributed by atoms with E-state index in [9.17, 15) is 5.11 Å². The van der Waals surface area contributed by atoms with Crippen molar-refractivity contribution in [2.75, 3.05) is 19.6 Å². The second-order valence-electron chi connectivity index (χ2n) is 5.37. The number of rotatable bonds is 6. The van der Waals surface area contributed by atoms with Crippen molar-refractivity contribution in [2.45, 2.75) is 46.6 Å². The van der Waals surface area contributed by atoms with Gasteiger partial charge < -0.3 is 10.0 Å². The molecule has 0 spiro atoms. The van der Waals surface area contributed by atoms with Gasteiger partial charge in [0.2, 0.25) is 0 Å². The van der Waals surface area contributed by atoms with Gasteiger partial charge in [-0.3, -0.25) is 0 Å². The molecule has 1 aliphatic rings. The summed E-state index contributed by atoms with van der Waals surface area (Å²) in [6.07, 6.45) is 2.08. The third kappa shape index (κ3) is 3.46. The first kappa shape index (κ1) is 13.0. The highest BCUT2D eigenvalue weighted by Crippen LogP contribution is 2.24. The third-order valence-corrected chi connectivity index (χ3v) is 3.97. The van der Waals surface area contributed by atoms with E-state index in [4.69, 9.17) is 0 Å². The molecule has 0 saturated carbocycles. The maximum Gasteiger partial charge on any atom is 0.0695 e. The zero-order chi connectivity index (χ0) is 11.4. The largest absolute Gasteiger partial charge is 0.392 e. The van der Waals surface area contributed by atoms with Crippen LogP contribution in [0.3, 0.4) is 0 Å². The normalized spacial score (nSPS) is 21.0. The van der Waals surface area contributed by atoms with Crippen molar-refractivity contribution in [3.8, 4) is 0 Å². The van der Waals surface area contributed by atoms with Crippen molar-refractivity contribution < 1.29 is 5.11 Å². The molecule has 90 valence electrons. The Morgan fingerprint density at radius 2 is 1.73 bits per heavy atom. The Morgan fingerprint density at radius 1 is 1.20 bits per heavy atom. The average Bonchev–Trinajstić information content (AvgIpc) is 2.12. The van der Waals surface area contributed by atoms with Gasteiger partial charge in [-0.1, -0.05) is 40.5 Å². The summed E-state index contributed by atoms with van der Waals surface area (Å²) < 4.78 is 0. The van der Waals surface area contributed by atoms with Crippen LogP contribution in [-0.4, -0.2) is 35.7 Å². The van der Waals surface area contributed by atoms with Crippen LogP contribution in [-0.2, 0) is 0 Å². The molecule has 0 bridgehead atoms. The van der Waals surface area contributed by atoms with Crippen LogP contribution in [0.25, 0.3) is 0 Å². The molecular formula is C13H27NO. The lowest BCUT2D eigenvalue weighted by Gasteiger charge is -2.43. The number of likely N-dealkylation sites (tertiary alicyclic amines) is 1. The van der Waals surface area contributed by atoms with E-state index in [2.05, 4.69) is 32.6 Å². The van der Waals surface area contributed by atoms with Gasteiger partial charge in [-0.2, -0.15) is 0 Å². The van der Waals surface area contributed by atoms with Crippen molar-refractivity contribution in [2.24, 2.45) is 17.8 Å². The van der Waals surface area contributed by atoms with Crippen molar-refractivity contribution in [1.29, 1.82) is 0 Å². The lowest BCUT2D eigenvalue weighted by atomic mass is 9.87. The Balaban J connectivity index is 2.20. The van der Waals surface area contributed by atoms with Gasteiger partial charge in [-0.15, -0.1) is 0 Å². The summed E-state index contributed by atoms with van der Waals surface area (Å²) in [5, 5.41) is 10.0. The van der Waals surface area contributed by atoms with Crippen molar-refractivity contribution in [1.82, 2.24) is 4.90 Å². The van der Waals surface area contributed by atoms with Gasteiger partial charge in [0, 0.05) is 19.6 Å². The van der Waals surface area contributed by atoms with E-state index in [1.54, 1.807) is 0 Å². The second-order valence-corrected chi connectivity index (χ2v) is 5.37. The molecule has 1 N–H and O–H groups in total. The van der Waals surface area contributed by atoms with Gasteiger partial charge in [0.25, 0.3) is 0 Å². The molecule has 1 rings (SSSR count). The van der Waals surface area contributed by atoms with E-state index >= 15 is 0 Å². The lowest BCUT2D eigenvalue weighted by molar-refractivity contribution is -0.000582. The first-order valence-electron chi connectivity index (χ1n) is 6.48. The summed E-state index contributed by atoms with van der Waals surface area (Å²) in [6.45, 7) is 12.2. The molecule has 2 heteroatoms. The summed E-state index contributed by atoms with van der Waals surface area (Å²) in [4.78, 5) is 2.40. The quantitative estimate of drug-likeness (QED) is 0.732. The Hall–Kier alpha value is -0.0800. The minimum atomic E-state index is -0.117. The number of aliphatic hydroxyl groups excluding tert-OH is 1. The van der Waals surface area contributed by atoms with Gasteiger partial charge in [0.05, 0.1) is 6.10 Å². The van der Waals surface area contributed by atoms with E-state index in [0.717, 1.165) is 31.2 Å². The molecule has 15 heavy (non-hydrogen) atoms. The fourth-order valence-corrected chi connectivity index (χ4v) is 2.43. The molecule has 0 aromatic heterocycles. The minimum absolute atomic E-state index is 0.117. The van der Waals surface area contributed by atoms with Gasteiger partial charge >= 0.3 is 0 Å². The zero-order valence-electron chi connectivity index (χ0n) is 10.7. The summed E-state index contributed by atoms with van der Waals surface area (Å²) in [7, 11) is 0. The van der Waals surface area contributed by atoms with E-state index in [0.29, 0.717) is 5.92 Å². The molecule has 2 nitrogen and oxygen atoms in total. The highest BCUT2D eigenvalue weighted by atomic mass is 16.3. The number of hydrogen-bond donors (Lipinski definition) is 1. The third-order valence-electron chi connectivity index (χ3n) is 3.97. The number of hydrogen-bond acceptors (Lipinski definition) is 2. The Bertz CT molecular complexity index is 171. The van der Waals surface area contributed by atoms with Crippen molar-refractivity contribution in [3.63, 3.8) is 0 Å². The lowest BCUT2D eigenvalue weighted by Crippen LogP contribution is -2.52. The van der Waals surface area contributed by atoms with Gasteiger partial charge in [-0.05, 0) is 17.8 Å².